The third-order valence-corrected chi connectivity index (χ3v) is 3.58. The van der Waals surface area contributed by atoms with Gasteiger partial charge in [0.25, 0.3) is 5.91 Å². The van der Waals surface area contributed by atoms with E-state index in [-0.39, 0.29) is 12.1 Å². The lowest BCUT2D eigenvalue weighted by Crippen LogP contribution is -2.40. The van der Waals surface area contributed by atoms with Crippen molar-refractivity contribution < 1.29 is 18.4 Å². The van der Waals surface area contributed by atoms with Gasteiger partial charge in [0.1, 0.15) is 11.6 Å². The van der Waals surface area contributed by atoms with Gasteiger partial charge in [-0.1, -0.05) is 18.2 Å². The van der Waals surface area contributed by atoms with Crippen LogP contribution in [0.5, 0.6) is 0 Å². The van der Waals surface area contributed by atoms with E-state index in [2.05, 4.69) is 5.32 Å². The van der Waals surface area contributed by atoms with Crippen molar-refractivity contribution in [3.8, 4) is 0 Å². The summed E-state index contributed by atoms with van der Waals surface area (Å²) in [5.74, 6) is -0.577. The maximum absolute atomic E-state index is 13.7. The highest BCUT2D eigenvalue weighted by Crippen LogP contribution is 2.30. The van der Waals surface area contributed by atoms with Crippen LogP contribution in [0.25, 0.3) is 0 Å². The molecule has 108 valence electrons. The number of benzene rings is 1. The molecule has 3 amide bonds. The van der Waals surface area contributed by atoms with E-state index in [0.29, 0.717) is 5.76 Å². The second-order valence-electron chi connectivity index (χ2n) is 5.02. The number of nitrogens with one attached hydrogen (secondary N) is 1. The zero-order valence-electron chi connectivity index (χ0n) is 11.3. The molecule has 2 heterocycles. The van der Waals surface area contributed by atoms with Crippen LogP contribution < -0.4 is 5.32 Å². The molecule has 1 aromatic heterocycles. The number of halogens is 1. The Morgan fingerprint density at radius 3 is 2.67 bits per heavy atom. The first-order valence-electron chi connectivity index (χ1n) is 6.44. The summed E-state index contributed by atoms with van der Waals surface area (Å²) < 4.78 is 18.9. The molecular weight excluding hydrogens is 275 g/mol. The Morgan fingerprint density at radius 1 is 1.24 bits per heavy atom. The number of furan rings is 1. The van der Waals surface area contributed by atoms with E-state index in [1.54, 1.807) is 37.3 Å². The minimum absolute atomic E-state index is 0.117. The number of imide groups is 1. The van der Waals surface area contributed by atoms with Crippen molar-refractivity contribution in [1.29, 1.82) is 0 Å². The van der Waals surface area contributed by atoms with E-state index in [0.717, 1.165) is 4.90 Å². The zero-order valence-corrected chi connectivity index (χ0v) is 11.3. The van der Waals surface area contributed by atoms with Gasteiger partial charge in [0.05, 0.1) is 12.8 Å². The summed E-state index contributed by atoms with van der Waals surface area (Å²) in [5.41, 5.74) is -0.976. The molecule has 0 bridgehead atoms. The van der Waals surface area contributed by atoms with E-state index in [1.165, 1.54) is 12.3 Å². The molecule has 1 N–H and O–H groups in total. The number of hydrogen-bond acceptors (Lipinski definition) is 3. The number of amides is 3. The van der Waals surface area contributed by atoms with Crippen molar-refractivity contribution in [3.05, 3.63) is 59.8 Å². The van der Waals surface area contributed by atoms with Crippen molar-refractivity contribution in [2.24, 2.45) is 0 Å². The average molecular weight is 288 g/mol. The normalized spacial score (nSPS) is 21.7. The molecule has 1 aliphatic heterocycles. The lowest BCUT2D eigenvalue weighted by molar-refractivity contribution is -0.132. The highest BCUT2D eigenvalue weighted by molar-refractivity contribution is 6.06. The predicted molar refractivity (Wildman–Crippen MR) is 71.5 cm³/mol. The van der Waals surface area contributed by atoms with E-state index in [4.69, 9.17) is 4.42 Å². The lowest BCUT2D eigenvalue weighted by Gasteiger charge is -2.19. The van der Waals surface area contributed by atoms with Gasteiger partial charge in [-0.3, -0.25) is 9.69 Å². The number of rotatable bonds is 3. The Morgan fingerprint density at radius 2 is 2.00 bits per heavy atom. The lowest BCUT2D eigenvalue weighted by atomic mass is 9.99. The highest BCUT2D eigenvalue weighted by Gasteiger charge is 2.50. The van der Waals surface area contributed by atoms with E-state index in [1.807, 2.05) is 0 Å². The van der Waals surface area contributed by atoms with Gasteiger partial charge < -0.3 is 9.73 Å². The van der Waals surface area contributed by atoms with E-state index >= 15 is 0 Å². The SMILES string of the molecule is C[C@@]1(c2ccco2)NC(=O)N(Cc2ccccc2F)C1=O. The van der Waals surface area contributed by atoms with Crippen LogP contribution in [0.15, 0.2) is 47.1 Å². The molecule has 1 fully saturated rings. The quantitative estimate of drug-likeness (QED) is 0.882. The van der Waals surface area contributed by atoms with Crippen molar-refractivity contribution in [2.45, 2.75) is 19.0 Å². The Bertz CT molecular complexity index is 699. The van der Waals surface area contributed by atoms with Gasteiger partial charge in [-0.15, -0.1) is 0 Å². The number of hydrogen-bond donors (Lipinski definition) is 1. The average Bonchev–Trinajstić information content (AvgIpc) is 3.06. The summed E-state index contributed by atoms with van der Waals surface area (Å²) in [6.45, 7) is 1.45. The van der Waals surface area contributed by atoms with Crippen LogP contribution in [-0.2, 0) is 16.9 Å². The van der Waals surface area contributed by atoms with Gasteiger partial charge >= 0.3 is 6.03 Å². The topological polar surface area (TPSA) is 62.6 Å². The van der Waals surface area contributed by atoms with Crippen LogP contribution in [0.3, 0.4) is 0 Å². The summed E-state index contributed by atoms with van der Waals surface area (Å²) >= 11 is 0. The Kier molecular flexibility index (Phi) is 3.01. The molecule has 1 aliphatic rings. The molecule has 0 spiro atoms. The van der Waals surface area contributed by atoms with E-state index in [9.17, 15) is 14.0 Å². The summed E-state index contributed by atoms with van der Waals surface area (Å²) in [4.78, 5) is 25.5. The molecule has 1 saturated heterocycles. The second-order valence-corrected chi connectivity index (χ2v) is 5.02. The monoisotopic (exact) mass is 288 g/mol. The van der Waals surface area contributed by atoms with Gasteiger partial charge in [0.2, 0.25) is 0 Å². The number of carbonyl (C=O) groups excluding carboxylic acids is 2. The first-order valence-corrected chi connectivity index (χ1v) is 6.44. The third kappa shape index (κ3) is 2.08. The van der Waals surface area contributed by atoms with Crippen LogP contribution in [-0.4, -0.2) is 16.8 Å². The zero-order chi connectivity index (χ0) is 15.0. The van der Waals surface area contributed by atoms with Gasteiger partial charge in [-0.25, -0.2) is 9.18 Å². The van der Waals surface area contributed by atoms with Crippen LogP contribution in [0.2, 0.25) is 0 Å². The molecule has 1 aromatic carbocycles. The third-order valence-electron chi connectivity index (χ3n) is 3.58. The molecule has 0 aliphatic carbocycles. The largest absolute Gasteiger partial charge is 0.466 e. The van der Waals surface area contributed by atoms with Crippen molar-refractivity contribution in [1.82, 2.24) is 10.2 Å². The molecule has 0 unspecified atom stereocenters. The minimum atomic E-state index is -1.26. The Hall–Kier alpha value is -2.63. The first kappa shape index (κ1) is 13.4. The number of urea groups is 1. The number of carbonyl (C=O) groups is 2. The fourth-order valence-electron chi connectivity index (χ4n) is 2.37. The molecular formula is C15H13FN2O3. The second kappa shape index (κ2) is 4.73. The van der Waals surface area contributed by atoms with Gasteiger partial charge in [-0.2, -0.15) is 0 Å². The standard InChI is InChI=1S/C15H13FN2O3/c1-15(12-7-4-8-21-12)13(19)18(14(20)17-15)9-10-5-2-3-6-11(10)16/h2-8H,9H2,1H3,(H,17,20)/t15-/m0/s1. The van der Waals surface area contributed by atoms with Crippen molar-refractivity contribution >= 4 is 11.9 Å². The molecule has 3 rings (SSSR count). The smallest absolute Gasteiger partial charge is 0.325 e. The summed E-state index contributed by atoms with van der Waals surface area (Å²) in [7, 11) is 0. The minimum Gasteiger partial charge on any atom is -0.466 e. The summed E-state index contributed by atoms with van der Waals surface area (Å²) in [6, 6.07) is 8.73. The fourth-order valence-corrected chi connectivity index (χ4v) is 2.37. The molecule has 6 heteroatoms. The maximum atomic E-state index is 13.7. The Labute approximate surface area is 120 Å². The molecule has 1 atom stereocenters. The van der Waals surface area contributed by atoms with E-state index < -0.39 is 23.3 Å². The molecule has 0 saturated carbocycles. The number of nitrogens with zero attached hydrogens (tertiary/aromatic N) is 1. The molecule has 0 radical (unpaired) electrons. The van der Waals surface area contributed by atoms with Crippen LogP contribution >= 0.6 is 0 Å². The first-order chi connectivity index (χ1) is 10.0. The molecule has 5 nitrogen and oxygen atoms in total. The van der Waals surface area contributed by atoms with Crippen molar-refractivity contribution in [2.75, 3.05) is 0 Å². The summed E-state index contributed by atoms with van der Waals surface area (Å²) in [5, 5.41) is 2.59. The highest BCUT2D eigenvalue weighted by atomic mass is 19.1. The maximum Gasteiger partial charge on any atom is 0.325 e. The predicted octanol–water partition coefficient (Wildman–Crippen LogP) is 2.39. The van der Waals surface area contributed by atoms with Crippen molar-refractivity contribution in [3.63, 3.8) is 0 Å². The summed E-state index contributed by atoms with van der Waals surface area (Å²) in [6.07, 6.45) is 1.43. The van der Waals surface area contributed by atoms with Crippen LogP contribution in [0.4, 0.5) is 9.18 Å². The Balaban J connectivity index is 1.90. The van der Waals surface area contributed by atoms with Gasteiger partial charge in [0.15, 0.2) is 5.54 Å². The molecule has 21 heavy (non-hydrogen) atoms. The van der Waals surface area contributed by atoms with Gasteiger partial charge in [0, 0.05) is 5.56 Å². The van der Waals surface area contributed by atoms with Gasteiger partial charge in [-0.05, 0) is 25.1 Å². The molecule has 2 aromatic rings. The van der Waals surface area contributed by atoms with Crippen LogP contribution in [0, 0.1) is 5.82 Å². The fraction of sp³-hybridized carbons (Fsp3) is 0.200. The van der Waals surface area contributed by atoms with Crippen LogP contribution in [0.1, 0.15) is 18.2 Å².